The van der Waals surface area contributed by atoms with Gasteiger partial charge in [-0.25, -0.2) is 22.5 Å². The molecule has 1 aromatic rings. The zero-order chi connectivity index (χ0) is 18.3. The van der Waals surface area contributed by atoms with Gasteiger partial charge in [0.1, 0.15) is 10.9 Å². The summed E-state index contributed by atoms with van der Waals surface area (Å²) in [5.74, 6) is -3.38. The van der Waals surface area contributed by atoms with Crippen LogP contribution in [0.15, 0.2) is 18.3 Å². The molecule has 7 nitrogen and oxygen atoms in total. The lowest BCUT2D eigenvalue weighted by atomic mass is 10.1. The first-order valence-corrected chi connectivity index (χ1v) is 8.37. The van der Waals surface area contributed by atoms with Gasteiger partial charge in [-0.1, -0.05) is 0 Å². The Morgan fingerprint density at radius 1 is 1.38 bits per heavy atom. The standard InChI is InChI=1S/C13H16F3N3O4S/c1-18(2)24(22,23)11-7-19(6-9(11)13(14,15)16)8-3-4-17-10(5-8)12(20)21/h3-5,9,11H,6-7H2,1-2H3,(H,20,21)/t9-,11-/m1/s1. The van der Waals surface area contributed by atoms with Crippen LogP contribution in [0.5, 0.6) is 0 Å². The van der Waals surface area contributed by atoms with Gasteiger partial charge in [-0.3, -0.25) is 0 Å². The zero-order valence-corrected chi connectivity index (χ0v) is 13.7. The minimum absolute atomic E-state index is 0.188. The van der Waals surface area contributed by atoms with Crippen molar-refractivity contribution in [3.05, 3.63) is 24.0 Å². The average molecular weight is 367 g/mol. The molecule has 2 rings (SSSR count). The maximum Gasteiger partial charge on any atom is 0.394 e. The number of sulfonamides is 1. The highest BCUT2D eigenvalue weighted by molar-refractivity contribution is 7.89. The van der Waals surface area contributed by atoms with Gasteiger partial charge in [0.15, 0.2) is 0 Å². The molecule has 0 bridgehead atoms. The van der Waals surface area contributed by atoms with E-state index in [0.29, 0.717) is 0 Å². The van der Waals surface area contributed by atoms with Gasteiger partial charge in [0.2, 0.25) is 10.0 Å². The number of alkyl halides is 3. The Kier molecular flexibility index (Phi) is 4.77. The van der Waals surface area contributed by atoms with Crippen LogP contribution in [-0.4, -0.2) is 67.4 Å². The van der Waals surface area contributed by atoms with E-state index in [2.05, 4.69) is 4.98 Å². The normalized spacial score (nSPS) is 22.2. The maximum atomic E-state index is 13.3. The molecule has 1 saturated heterocycles. The molecule has 0 radical (unpaired) electrons. The van der Waals surface area contributed by atoms with Crippen LogP contribution in [-0.2, 0) is 10.0 Å². The Hall–Kier alpha value is -1.88. The first kappa shape index (κ1) is 18.5. The highest BCUT2D eigenvalue weighted by atomic mass is 32.2. The van der Waals surface area contributed by atoms with Crippen molar-refractivity contribution in [2.24, 2.45) is 5.92 Å². The topological polar surface area (TPSA) is 90.8 Å². The molecular formula is C13H16F3N3O4S. The van der Waals surface area contributed by atoms with Crippen molar-refractivity contribution in [3.8, 4) is 0 Å². The molecule has 11 heteroatoms. The molecule has 0 amide bonds. The van der Waals surface area contributed by atoms with Gasteiger partial charge >= 0.3 is 12.1 Å². The number of nitrogens with zero attached hydrogens (tertiary/aromatic N) is 3. The molecular weight excluding hydrogens is 351 g/mol. The first-order chi connectivity index (χ1) is 10.9. The third-order valence-electron chi connectivity index (χ3n) is 3.91. The third kappa shape index (κ3) is 3.46. The molecule has 0 aromatic carbocycles. The van der Waals surface area contributed by atoms with Crippen molar-refractivity contribution >= 4 is 21.7 Å². The van der Waals surface area contributed by atoms with Crippen molar-refractivity contribution in [1.82, 2.24) is 9.29 Å². The van der Waals surface area contributed by atoms with Gasteiger partial charge in [0.25, 0.3) is 0 Å². The van der Waals surface area contributed by atoms with E-state index in [1.807, 2.05) is 0 Å². The minimum Gasteiger partial charge on any atom is -0.477 e. The molecule has 1 N–H and O–H groups in total. The lowest BCUT2D eigenvalue weighted by molar-refractivity contribution is -0.167. The summed E-state index contributed by atoms with van der Waals surface area (Å²) < 4.78 is 65.1. The van der Waals surface area contributed by atoms with Crippen LogP contribution in [0.2, 0.25) is 0 Å². The van der Waals surface area contributed by atoms with Crippen molar-refractivity contribution < 1.29 is 31.5 Å². The summed E-state index contributed by atoms with van der Waals surface area (Å²) in [7, 11) is -1.77. The van der Waals surface area contributed by atoms with Gasteiger partial charge in [-0.2, -0.15) is 13.2 Å². The van der Waals surface area contributed by atoms with E-state index in [1.165, 1.54) is 25.1 Å². The summed E-state index contributed by atoms with van der Waals surface area (Å²) in [4.78, 5) is 15.8. The van der Waals surface area contributed by atoms with Gasteiger partial charge < -0.3 is 10.0 Å². The smallest absolute Gasteiger partial charge is 0.394 e. The van der Waals surface area contributed by atoms with Crippen LogP contribution in [0, 0.1) is 5.92 Å². The summed E-state index contributed by atoms with van der Waals surface area (Å²) in [6, 6.07) is 2.48. The van der Waals surface area contributed by atoms with Gasteiger partial charge in [0, 0.05) is 39.1 Å². The highest BCUT2D eigenvalue weighted by Crippen LogP contribution is 2.39. The molecule has 0 spiro atoms. The largest absolute Gasteiger partial charge is 0.477 e. The van der Waals surface area contributed by atoms with Gasteiger partial charge in [-0.15, -0.1) is 0 Å². The van der Waals surface area contributed by atoms with Crippen LogP contribution < -0.4 is 4.90 Å². The summed E-state index contributed by atoms with van der Waals surface area (Å²) in [6.45, 7) is -0.946. The van der Waals surface area contributed by atoms with E-state index in [4.69, 9.17) is 5.11 Å². The Labute approximate surface area is 136 Å². The Morgan fingerprint density at radius 3 is 2.50 bits per heavy atom. The van der Waals surface area contributed by atoms with E-state index >= 15 is 0 Å². The van der Waals surface area contributed by atoms with Crippen LogP contribution >= 0.6 is 0 Å². The van der Waals surface area contributed by atoms with E-state index in [0.717, 1.165) is 16.6 Å². The number of carboxylic acid groups (broad SMARTS) is 1. The predicted octanol–water partition coefficient (Wildman–Crippen LogP) is 1.04. The number of pyridine rings is 1. The van der Waals surface area contributed by atoms with Crippen molar-refractivity contribution in [3.63, 3.8) is 0 Å². The summed E-state index contributed by atoms with van der Waals surface area (Å²) >= 11 is 0. The second-order valence-electron chi connectivity index (χ2n) is 5.62. The molecule has 2 heterocycles. The number of aromatic carboxylic acids is 1. The van der Waals surface area contributed by atoms with Crippen LogP contribution in [0.3, 0.4) is 0 Å². The van der Waals surface area contributed by atoms with Crippen molar-refractivity contribution in [2.45, 2.75) is 11.4 Å². The molecule has 1 aromatic heterocycles. The second kappa shape index (κ2) is 6.20. The molecule has 2 atom stereocenters. The Balaban J connectivity index is 2.40. The summed E-state index contributed by atoms with van der Waals surface area (Å²) in [6.07, 6.45) is -3.53. The lowest BCUT2D eigenvalue weighted by Crippen LogP contribution is -2.43. The van der Waals surface area contributed by atoms with Gasteiger partial charge in [0.05, 0.1) is 5.92 Å². The SMILES string of the molecule is CN(C)S(=O)(=O)[C@@H]1CN(c2ccnc(C(=O)O)c2)C[C@H]1C(F)(F)F. The number of anilines is 1. The van der Waals surface area contributed by atoms with E-state index in [-0.39, 0.29) is 17.9 Å². The van der Waals surface area contributed by atoms with Crippen molar-refractivity contribution in [1.29, 1.82) is 0 Å². The Bertz CT molecular complexity index is 736. The fourth-order valence-electron chi connectivity index (χ4n) is 2.60. The average Bonchev–Trinajstić information content (AvgIpc) is 2.93. The number of aromatic nitrogens is 1. The van der Waals surface area contributed by atoms with Crippen LogP contribution in [0.4, 0.5) is 18.9 Å². The minimum atomic E-state index is -4.69. The fraction of sp³-hybridized carbons (Fsp3) is 0.538. The molecule has 1 aliphatic rings. The van der Waals surface area contributed by atoms with E-state index in [1.54, 1.807) is 0 Å². The van der Waals surface area contributed by atoms with Crippen LogP contribution in [0.25, 0.3) is 0 Å². The predicted molar refractivity (Wildman–Crippen MR) is 79.3 cm³/mol. The van der Waals surface area contributed by atoms with Gasteiger partial charge in [-0.05, 0) is 12.1 Å². The summed E-state index contributed by atoms with van der Waals surface area (Å²) in [5.41, 5.74) is -0.136. The monoisotopic (exact) mass is 367 g/mol. The molecule has 1 fully saturated rings. The maximum absolute atomic E-state index is 13.3. The van der Waals surface area contributed by atoms with Crippen LogP contribution in [0.1, 0.15) is 10.5 Å². The molecule has 134 valence electrons. The fourth-order valence-corrected chi connectivity index (χ4v) is 4.17. The number of rotatable bonds is 4. The zero-order valence-electron chi connectivity index (χ0n) is 12.9. The Morgan fingerprint density at radius 2 is 2.00 bits per heavy atom. The number of carbonyl (C=O) groups is 1. The number of halogens is 3. The summed E-state index contributed by atoms with van der Waals surface area (Å²) in [5, 5.41) is 7.27. The quantitative estimate of drug-likeness (QED) is 0.855. The van der Waals surface area contributed by atoms with E-state index < -0.39 is 39.9 Å². The molecule has 0 unspecified atom stereocenters. The molecule has 1 aliphatic heterocycles. The van der Waals surface area contributed by atoms with E-state index in [9.17, 15) is 26.4 Å². The molecule has 0 saturated carbocycles. The third-order valence-corrected chi connectivity index (χ3v) is 6.17. The number of hydrogen-bond acceptors (Lipinski definition) is 5. The van der Waals surface area contributed by atoms with Crippen molar-refractivity contribution in [2.75, 3.05) is 32.1 Å². The number of hydrogen-bond donors (Lipinski definition) is 1. The second-order valence-corrected chi connectivity index (χ2v) is 7.99. The molecule has 0 aliphatic carbocycles. The molecule has 24 heavy (non-hydrogen) atoms. The highest BCUT2D eigenvalue weighted by Gasteiger charge is 2.55. The first-order valence-electron chi connectivity index (χ1n) is 6.87. The number of carboxylic acids is 1. The lowest BCUT2D eigenvalue weighted by Gasteiger charge is -2.23.